The van der Waals surface area contributed by atoms with Crippen LogP contribution in [0.4, 0.5) is 5.69 Å². The molecule has 2 aromatic carbocycles. The lowest BCUT2D eigenvalue weighted by molar-refractivity contribution is -0.117. The number of halogens is 1. The summed E-state index contributed by atoms with van der Waals surface area (Å²) >= 11 is 0. The van der Waals surface area contributed by atoms with Gasteiger partial charge in [-0.15, -0.1) is 12.4 Å². The first-order valence-corrected chi connectivity index (χ1v) is 7.89. The van der Waals surface area contributed by atoms with E-state index >= 15 is 0 Å². The molecule has 1 atom stereocenters. The first-order chi connectivity index (χ1) is 11.1. The summed E-state index contributed by atoms with van der Waals surface area (Å²) in [7, 11) is 0. The zero-order valence-electron chi connectivity index (χ0n) is 14.1. The molecule has 0 fully saturated rings. The average molecular weight is 349 g/mol. The second-order valence-corrected chi connectivity index (χ2v) is 5.92. The summed E-state index contributed by atoms with van der Waals surface area (Å²) in [5.41, 5.74) is 7.41. The standard InChI is InChI=1S/C19H24N2O2.ClH/c1-14(2)13-23-17-10-6-9-16(11-17)21-19(22)18(12-20)15-7-4-3-5-8-15;/h3-11,14,18H,12-13,20H2,1-2H3,(H,21,22);1H. The summed E-state index contributed by atoms with van der Waals surface area (Å²) in [5, 5.41) is 2.92. The van der Waals surface area contributed by atoms with E-state index in [2.05, 4.69) is 19.2 Å². The summed E-state index contributed by atoms with van der Waals surface area (Å²) in [6, 6.07) is 17.0. The van der Waals surface area contributed by atoms with E-state index in [0.717, 1.165) is 11.3 Å². The Bertz CT molecular complexity index is 632. The van der Waals surface area contributed by atoms with Crippen molar-refractivity contribution in [2.75, 3.05) is 18.5 Å². The fourth-order valence-corrected chi connectivity index (χ4v) is 2.24. The maximum Gasteiger partial charge on any atom is 0.233 e. The molecule has 4 nitrogen and oxygen atoms in total. The first kappa shape index (κ1) is 20.0. The zero-order chi connectivity index (χ0) is 16.7. The van der Waals surface area contributed by atoms with Crippen molar-refractivity contribution in [2.24, 2.45) is 11.7 Å². The number of carbonyl (C=O) groups excluding carboxylic acids is 1. The van der Waals surface area contributed by atoms with Gasteiger partial charge in [0.2, 0.25) is 5.91 Å². The van der Waals surface area contributed by atoms with E-state index in [1.807, 2.05) is 54.6 Å². The molecule has 5 heteroatoms. The minimum atomic E-state index is -0.364. The van der Waals surface area contributed by atoms with Gasteiger partial charge in [-0.3, -0.25) is 4.79 Å². The molecule has 0 saturated heterocycles. The van der Waals surface area contributed by atoms with Gasteiger partial charge in [0.05, 0.1) is 12.5 Å². The van der Waals surface area contributed by atoms with Crippen molar-refractivity contribution in [3.8, 4) is 5.75 Å². The van der Waals surface area contributed by atoms with E-state index < -0.39 is 0 Å². The molecule has 0 radical (unpaired) electrons. The van der Waals surface area contributed by atoms with Gasteiger partial charge in [0, 0.05) is 18.3 Å². The number of carbonyl (C=O) groups is 1. The minimum Gasteiger partial charge on any atom is -0.493 e. The summed E-state index contributed by atoms with van der Waals surface area (Å²) < 4.78 is 5.69. The van der Waals surface area contributed by atoms with Crippen LogP contribution < -0.4 is 15.8 Å². The number of ether oxygens (including phenoxy) is 1. The number of benzene rings is 2. The van der Waals surface area contributed by atoms with Crippen LogP contribution in [0.3, 0.4) is 0 Å². The Morgan fingerprint density at radius 2 is 1.83 bits per heavy atom. The summed E-state index contributed by atoms with van der Waals surface area (Å²) in [4.78, 5) is 12.5. The zero-order valence-corrected chi connectivity index (χ0v) is 14.9. The predicted molar refractivity (Wildman–Crippen MR) is 101 cm³/mol. The highest BCUT2D eigenvalue weighted by Crippen LogP contribution is 2.21. The fourth-order valence-electron chi connectivity index (χ4n) is 2.24. The van der Waals surface area contributed by atoms with Gasteiger partial charge in [0.15, 0.2) is 0 Å². The van der Waals surface area contributed by atoms with Crippen molar-refractivity contribution in [3.05, 3.63) is 60.2 Å². The largest absolute Gasteiger partial charge is 0.493 e. The third kappa shape index (κ3) is 5.87. The SMILES string of the molecule is CC(C)COc1cccc(NC(=O)C(CN)c2ccccc2)c1.Cl. The lowest BCUT2D eigenvalue weighted by Crippen LogP contribution is -2.27. The molecule has 1 amide bonds. The van der Waals surface area contributed by atoms with Gasteiger partial charge in [0.25, 0.3) is 0 Å². The number of hydrogen-bond donors (Lipinski definition) is 2. The summed E-state index contributed by atoms with van der Waals surface area (Å²) in [6.45, 7) is 5.10. The number of rotatable bonds is 7. The third-order valence-corrected chi connectivity index (χ3v) is 3.44. The Kier molecular flexibility index (Phi) is 8.30. The quantitative estimate of drug-likeness (QED) is 0.799. The molecule has 0 bridgehead atoms. The molecule has 0 saturated carbocycles. The van der Waals surface area contributed by atoms with Gasteiger partial charge in [0.1, 0.15) is 5.75 Å². The molecule has 0 heterocycles. The van der Waals surface area contributed by atoms with Crippen molar-refractivity contribution < 1.29 is 9.53 Å². The molecule has 2 aromatic rings. The van der Waals surface area contributed by atoms with Crippen LogP contribution in [0, 0.1) is 5.92 Å². The molecule has 0 aromatic heterocycles. The summed E-state index contributed by atoms with van der Waals surface area (Å²) in [6.07, 6.45) is 0. The molecule has 3 N–H and O–H groups in total. The molecule has 2 rings (SSSR count). The van der Waals surface area contributed by atoms with Gasteiger partial charge in [-0.25, -0.2) is 0 Å². The van der Waals surface area contributed by atoms with E-state index in [4.69, 9.17) is 10.5 Å². The van der Waals surface area contributed by atoms with Gasteiger partial charge in [-0.1, -0.05) is 50.2 Å². The smallest absolute Gasteiger partial charge is 0.233 e. The Morgan fingerprint density at radius 1 is 1.12 bits per heavy atom. The molecule has 130 valence electrons. The Labute approximate surface area is 149 Å². The van der Waals surface area contributed by atoms with Crippen LogP contribution in [0.25, 0.3) is 0 Å². The van der Waals surface area contributed by atoms with Crippen LogP contribution >= 0.6 is 12.4 Å². The molecule has 0 aliphatic heterocycles. The topological polar surface area (TPSA) is 64.3 Å². The maximum atomic E-state index is 12.5. The normalized spacial score (nSPS) is 11.5. The maximum absolute atomic E-state index is 12.5. The Balaban J connectivity index is 0.00000288. The number of nitrogens with two attached hydrogens (primary N) is 1. The lowest BCUT2D eigenvalue weighted by atomic mass is 9.98. The van der Waals surface area contributed by atoms with Crippen molar-refractivity contribution >= 4 is 24.0 Å². The molecular weight excluding hydrogens is 324 g/mol. The Hall–Kier alpha value is -2.04. The van der Waals surface area contributed by atoms with Crippen molar-refractivity contribution in [3.63, 3.8) is 0 Å². The van der Waals surface area contributed by atoms with Crippen LogP contribution in [0.5, 0.6) is 5.75 Å². The van der Waals surface area contributed by atoms with Crippen LogP contribution in [-0.4, -0.2) is 19.1 Å². The second-order valence-electron chi connectivity index (χ2n) is 5.92. The van der Waals surface area contributed by atoms with E-state index in [9.17, 15) is 4.79 Å². The molecule has 24 heavy (non-hydrogen) atoms. The minimum absolute atomic E-state index is 0. The van der Waals surface area contributed by atoms with E-state index in [1.165, 1.54) is 0 Å². The van der Waals surface area contributed by atoms with Crippen molar-refractivity contribution in [1.82, 2.24) is 0 Å². The fraction of sp³-hybridized carbons (Fsp3) is 0.316. The number of anilines is 1. The number of hydrogen-bond acceptors (Lipinski definition) is 3. The van der Waals surface area contributed by atoms with E-state index in [0.29, 0.717) is 18.2 Å². The van der Waals surface area contributed by atoms with Crippen LogP contribution in [0.1, 0.15) is 25.3 Å². The van der Waals surface area contributed by atoms with Crippen molar-refractivity contribution in [2.45, 2.75) is 19.8 Å². The van der Waals surface area contributed by atoms with Crippen LogP contribution in [0.2, 0.25) is 0 Å². The number of amides is 1. The highest BCUT2D eigenvalue weighted by Gasteiger charge is 2.18. The molecule has 1 unspecified atom stereocenters. The van der Waals surface area contributed by atoms with Crippen molar-refractivity contribution in [1.29, 1.82) is 0 Å². The summed E-state index contributed by atoms with van der Waals surface area (Å²) in [5.74, 6) is 0.726. The molecule has 0 aliphatic rings. The van der Waals surface area contributed by atoms with Gasteiger partial charge < -0.3 is 15.8 Å². The monoisotopic (exact) mass is 348 g/mol. The lowest BCUT2D eigenvalue weighted by Gasteiger charge is -2.16. The molecule has 0 aliphatic carbocycles. The highest BCUT2D eigenvalue weighted by atomic mass is 35.5. The van der Waals surface area contributed by atoms with E-state index in [-0.39, 0.29) is 30.8 Å². The van der Waals surface area contributed by atoms with Gasteiger partial charge in [-0.2, -0.15) is 0 Å². The second kappa shape index (κ2) is 9.96. The molecule has 0 spiro atoms. The highest BCUT2D eigenvalue weighted by molar-refractivity contribution is 5.96. The van der Waals surface area contributed by atoms with Crippen LogP contribution in [0.15, 0.2) is 54.6 Å². The van der Waals surface area contributed by atoms with Gasteiger partial charge >= 0.3 is 0 Å². The Morgan fingerprint density at radius 3 is 2.46 bits per heavy atom. The number of nitrogens with one attached hydrogen (secondary N) is 1. The van der Waals surface area contributed by atoms with Gasteiger partial charge in [-0.05, 0) is 23.6 Å². The van der Waals surface area contributed by atoms with Crippen LogP contribution in [-0.2, 0) is 4.79 Å². The first-order valence-electron chi connectivity index (χ1n) is 7.89. The van der Waals surface area contributed by atoms with E-state index in [1.54, 1.807) is 0 Å². The molecular formula is C19H25ClN2O2. The average Bonchev–Trinajstić information content (AvgIpc) is 2.55. The predicted octanol–water partition coefficient (Wildman–Crippen LogP) is 3.82. The third-order valence-electron chi connectivity index (χ3n) is 3.44.